The second-order valence-electron chi connectivity index (χ2n) is 8.10. The average molecular weight is 346 g/mol. The van der Waals surface area contributed by atoms with Gasteiger partial charge in [0.1, 0.15) is 5.76 Å². The molecule has 2 saturated heterocycles. The van der Waals surface area contributed by atoms with Crippen molar-refractivity contribution in [3.8, 4) is 0 Å². The number of nitrogens with zero attached hydrogens (tertiary/aromatic N) is 2. The molecule has 0 aromatic carbocycles. The molecule has 1 spiro atoms. The Labute approximate surface area is 150 Å². The molecule has 5 nitrogen and oxygen atoms in total. The van der Waals surface area contributed by atoms with E-state index in [-0.39, 0.29) is 5.91 Å². The summed E-state index contributed by atoms with van der Waals surface area (Å²) in [7, 11) is 1.82. The molecule has 1 aliphatic carbocycles. The van der Waals surface area contributed by atoms with Gasteiger partial charge in [-0.2, -0.15) is 0 Å². The van der Waals surface area contributed by atoms with E-state index in [1.807, 2.05) is 24.1 Å². The number of ether oxygens (including phenoxy) is 1. The molecule has 138 valence electrons. The van der Waals surface area contributed by atoms with E-state index in [1.165, 1.54) is 32.2 Å². The molecule has 25 heavy (non-hydrogen) atoms. The van der Waals surface area contributed by atoms with Crippen LogP contribution in [-0.2, 0) is 16.0 Å². The zero-order valence-corrected chi connectivity index (χ0v) is 15.3. The Kier molecular flexibility index (Phi) is 4.87. The molecule has 1 saturated carbocycles. The predicted octanol–water partition coefficient (Wildman–Crippen LogP) is 2.70. The monoisotopic (exact) mass is 346 g/mol. The van der Waals surface area contributed by atoms with Crippen LogP contribution in [0.5, 0.6) is 0 Å². The summed E-state index contributed by atoms with van der Waals surface area (Å²) in [6, 6.07) is 4.29. The van der Waals surface area contributed by atoms with E-state index in [0.29, 0.717) is 18.0 Å². The summed E-state index contributed by atoms with van der Waals surface area (Å²) in [6.45, 7) is 3.82. The van der Waals surface area contributed by atoms with Gasteiger partial charge < -0.3 is 14.1 Å². The van der Waals surface area contributed by atoms with Gasteiger partial charge in [-0.3, -0.25) is 9.69 Å². The van der Waals surface area contributed by atoms with Gasteiger partial charge in [0.2, 0.25) is 5.91 Å². The first kappa shape index (κ1) is 17.1. The smallest absolute Gasteiger partial charge is 0.230 e. The zero-order valence-electron chi connectivity index (χ0n) is 15.3. The molecule has 1 amide bonds. The van der Waals surface area contributed by atoms with Gasteiger partial charge in [0.15, 0.2) is 0 Å². The van der Waals surface area contributed by atoms with Gasteiger partial charge in [0.25, 0.3) is 0 Å². The highest BCUT2D eigenvalue weighted by Gasteiger charge is 2.49. The van der Waals surface area contributed by atoms with Gasteiger partial charge in [-0.1, -0.05) is 0 Å². The van der Waals surface area contributed by atoms with Crippen molar-refractivity contribution in [2.75, 3.05) is 33.4 Å². The lowest BCUT2D eigenvalue weighted by atomic mass is 9.84. The fourth-order valence-electron chi connectivity index (χ4n) is 4.79. The molecule has 3 fully saturated rings. The van der Waals surface area contributed by atoms with Gasteiger partial charge in [-0.25, -0.2) is 0 Å². The Bertz CT molecular complexity index is 574. The number of amides is 1. The van der Waals surface area contributed by atoms with E-state index in [4.69, 9.17) is 9.15 Å². The van der Waals surface area contributed by atoms with E-state index in [2.05, 4.69) is 4.90 Å². The molecule has 2 aliphatic heterocycles. The van der Waals surface area contributed by atoms with Crippen LogP contribution in [0.2, 0.25) is 0 Å². The summed E-state index contributed by atoms with van der Waals surface area (Å²) < 4.78 is 10.8. The Morgan fingerprint density at radius 1 is 1.28 bits per heavy atom. The standard InChI is InChI=1S/C20H30N2O3/c1-24-15-17-6-7-20(22(17)14-16-4-5-16)8-10-21(11-9-20)19(23)13-18-3-2-12-25-18/h2-3,12,16-17H,4-11,13-15H2,1H3. The number of hydrogen-bond donors (Lipinski definition) is 0. The minimum Gasteiger partial charge on any atom is -0.469 e. The maximum absolute atomic E-state index is 12.5. The number of likely N-dealkylation sites (tertiary alicyclic amines) is 2. The molecule has 5 heteroatoms. The van der Waals surface area contributed by atoms with Crippen LogP contribution in [-0.4, -0.2) is 60.6 Å². The van der Waals surface area contributed by atoms with Crippen LogP contribution < -0.4 is 0 Å². The molecule has 0 bridgehead atoms. The van der Waals surface area contributed by atoms with Crippen LogP contribution in [0.1, 0.15) is 44.3 Å². The topological polar surface area (TPSA) is 45.9 Å². The lowest BCUT2D eigenvalue weighted by Gasteiger charge is -2.46. The first-order valence-electron chi connectivity index (χ1n) is 9.76. The first-order chi connectivity index (χ1) is 12.2. The van der Waals surface area contributed by atoms with E-state index >= 15 is 0 Å². The van der Waals surface area contributed by atoms with E-state index in [1.54, 1.807) is 6.26 Å². The number of hydrogen-bond acceptors (Lipinski definition) is 4. The van der Waals surface area contributed by atoms with Gasteiger partial charge >= 0.3 is 0 Å². The Balaban J connectivity index is 1.38. The Morgan fingerprint density at radius 2 is 2.08 bits per heavy atom. The van der Waals surface area contributed by atoms with Crippen LogP contribution in [0.3, 0.4) is 0 Å². The lowest BCUT2D eigenvalue weighted by Crippen LogP contribution is -2.56. The number of rotatable bonds is 6. The lowest BCUT2D eigenvalue weighted by molar-refractivity contribution is -0.133. The third kappa shape index (κ3) is 3.63. The SMILES string of the molecule is COCC1CCC2(CCN(C(=O)Cc3ccco3)CC2)N1CC1CC1. The summed E-state index contributed by atoms with van der Waals surface area (Å²) >= 11 is 0. The summed E-state index contributed by atoms with van der Waals surface area (Å²) in [6.07, 6.45) is 9.50. The summed E-state index contributed by atoms with van der Waals surface area (Å²) in [5.41, 5.74) is 0.299. The van der Waals surface area contributed by atoms with Gasteiger partial charge in [-0.05, 0) is 56.6 Å². The number of furan rings is 1. The molecular weight excluding hydrogens is 316 g/mol. The van der Waals surface area contributed by atoms with Gasteiger partial charge in [0.05, 0.1) is 19.3 Å². The molecule has 4 rings (SSSR count). The fraction of sp³-hybridized carbons (Fsp3) is 0.750. The summed E-state index contributed by atoms with van der Waals surface area (Å²) in [5.74, 6) is 1.86. The number of carbonyl (C=O) groups is 1. The second kappa shape index (κ2) is 7.12. The van der Waals surface area contributed by atoms with Crippen molar-refractivity contribution >= 4 is 5.91 Å². The first-order valence-corrected chi connectivity index (χ1v) is 9.76. The molecule has 1 atom stereocenters. The Morgan fingerprint density at radius 3 is 2.72 bits per heavy atom. The third-order valence-corrected chi connectivity index (χ3v) is 6.46. The molecule has 1 aromatic rings. The molecule has 1 unspecified atom stereocenters. The quantitative estimate of drug-likeness (QED) is 0.794. The van der Waals surface area contributed by atoms with Crippen LogP contribution in [0.4, 0.5) is 0 Å². The highest BCUT2D eigenvalue weighted by atomic mass is 16.5. The van der Waals surface area contributed by atoms with Crippen molar-refractivity contribution in [2.24, 2.45) is 5.92 Å². The molecular formula is C20H30N2O3. The predicted molar refractivity (Wildman–Crippen MR) is 95.3 cm³/mol. The minimum absolute atomic E-state index is 0.199. The van der Waals surface area contributed by atoms with Crippen molar-refractivity contribution in [3.63, 3.8) is 0 Å². The molecule has 1 aromatic heterocycles. The van der Waals surface area contributed by atoms with Crippen molar-refractivity contribution in [1.29, 1.82) is 0 Å². The van der Waals surface area contributed by atoms with Crippen molar-refractivity contribution in [2.45, 2.75) is 56.5 Å². The van der Waals surface area contributed by atoms with Crippen LogP contribution in [0, 0.1) is 5.92 Å². The number of methoxy groups -OCH3 is 1. The maximum atomic E-state index is 12.5. The molecule has 0 radical (unpaired) electrons. The fourth-order valence-corrected chi connectivity index (χ4v) is 4.79. The maximum Gasteiger partial charge on any atom is 0.230 e. The minimum atomic E-state index is 0.199. The highest BCUT2D eigenvalue weighted by molar-refractivity contribution is 5.78. The van der Waals surface area contributed by atoms with Crippen molar-refractivity contribution < 1.29 is 13.9 Å². The highest BCUT2D eigenvalue weighted by Crippen LogP contribution is 2.44. The summed E-state index contributed by atoms with van der Waals surface area (Å²) in [4.78, 5) is 17.3. The number of carbonyl (C=O) groups excluding carboxylic acids is 1. The zero-order chi connectivity index (χ0) is 17.3. The average Bonchev–Trinajstić information content (AvgIpc) is 3.20. The summed E-state index contributed by atoms with van der Waals surface area (Å²) in [5, 5.41) is 0. The van der Waals surface area contributed by atoms with Crippen LogP contribution >= 0.6 is 0 Å². The van der Waals surface area contributed by atoms with Gasteiger partial charge in [0, 0.05) is 38.3 Å². The third-order valence-electron chi connectivity index (χ3n) is 6.46. The van der Waals surface area contributed by atoms with E-state index < -0.39 is 0 Å². The second-order valence-corrected chi connectivity index (χ2v) is 8.10. The van der Waals surface area contributed by atoms with E-state index in [0.717, 1.165) is 44.2 Å². The van der Waals surface area contributed by atoms with Crippen LogP contribution in [0.25, 0.3) is 0 Å². The molecule has 3 aliphatic rings. The largest absolute Gasteiger partial charge is 0.469 e. The van der Waals surface area contributed by atoms with Crippen molar-refractivity contribution in [3.05, 3.63) is 24.2 Å². The number of piperidine rings is 1. The normalized spacial score (nSPS) is 26.4. The molecule has 0 N–H and O–H groups in total. The molecule has 3 heterocycles. The van der Waals surface area contributed by atoms with E-state index in [9.17, 15) is 4.79 Å². The van der Waals surface area contributed by atoms with Gasteiger partial charge in [-0.15, -0.1) is 0 Å². The van der Waals surface area contributed by atoms with Crippen molar-refractivity contribution in [1.82, 2.24) is 9.80 Å². The Hall–Kier alpha value is -1.33. The van der Waals surface area contributed by atoms with Crippen LogP contribution in [0.15, 0.2) is 22.8 Å².